The van der Waals surface area contributed by atoms with E-state index in [0.717, 1.165) is 24.9 Å². The van der Waals surface area contributed by atoms with Crippen molar-refractivity contribution in [3.8, 4) is 5.75 Å². The molecule has 2 atom stereocenters. The van der Waals surface area contributed by atoms with Crippen molar-refractivity contribution in [2.24, 2.45) is 5.92 Å². The van der Waals surface area contributed by atoms with E-state index < -0.39 is 18.1 Å². The molecule has 0 radical (unpaired) electrons. The van der Waals surface area contributed by atoms with E-state index in [-0.39, 0.29) is 30.2 Å². The van der Waals surface area contributed by atoms with Gasteiger partial charge in [0.25, 0.3) is 0 Å². The van der Waals surface area contributed by atoms with Crippen LogP contribution in [0.2, 0.25) is 0 Å². The average molecular weight is 460 g/mol. The molecular formula is C22H32F3N3O4. The second-order valence-electron chi connectivity index (χ2n) is 8.85. The number of likely N-dealkylation sites (tertiary alicyclic amines) is 1. The predicted molar refractivity (Wildman–Crippen MR) is 113 cm³/mol. The van der Waals surface area contributed by atoms with Gasteiger partial charge in [0.2, 0.25) is 5.91 Å². The van der Waals surface area contributed by atoms with Crippen LogP contribution in [0.3, 0.4) is 0 Å². The van der Waals surface area contributed by atoms with Crippen LogP contribution in [0.25, 0.3) is 0 Å². The molecule has 2 rings (SSSR count). The summed E-state index contributed by atoms with van der Waals surface area (Å²) in [5, 5.41) is 5.44. The van der Waals surface area contributed by atoms with Crippen LogP contribution in [0.15, 0.2) is 24.3 Å². The van der Waals surface area contributed by atoms with Gasteiger partial charge in [0.1, 0.15) is 11.4 Å². The molecule has 1 fully saturated rings. The summed E-state index contributed by atoms with van der Waals surface area (Å²) in [5.74, 6) is -0.535. The van der Waals surface area contributed by atoms with Gasteiger partial charge in [0.15, 0.2) is 0 Å². The van der Waals surface area contributed by atoms with Crippen LogP contribution in [0, 0.1) is 5.92 Å². The molecule has 7 nitrogen and oxygen atoms in total. The number of piperidine rings is 1. The Morgan fingerprint density at radius 1 is 1.12 bits per heavy atom. The Labute approximate surface area is 186 Å². The Morgan fingerprint density at radius 2 is 1.75 bits per heavy atom. The SMILES string of the molecule is CC(c1ccc(OC(F)(F)F)cc1)N1CCCC(C(=O)NCCNC(=O)OC(C)(C)C)C1. The largest absolute Gasteiger partial charge is 0.573 e. The fraction of sp³-hybridized carbons (Fsp3) is 0.636. The monoisotopic (exact) mass is 459 g/mol. The van der Waals surface area contributed by atoms with Crippen molar-refractivity contribution in [3.63, 3.8) is 0 Å². The second-order valence-corrected chi connectivity index (χ2v) is 8.85. The summed E-state index contributed by atoms with van der Waals surface area (Å²) < 4.78 is 46.0. The van der Waals surface area contributed by atoms with Crippen LogP contribution in [0.4, 0.5) is 18.0 Å². The van der Waals surface area contributed by atoms with Gasteiger partial charge in [0, 0.05) is 25.7 Å². The van der Waals surface area contributed by atoms with E-state index in [0.29, 0.717) is 13.1 Å². The number of benzene rings is 1. The lowest BCUT2D eigenvalue weighted by Crippen LogP contribution is -2.45. The number of carbonyl (C=O) groups is 2. The highest BCUT2D eigenvalue weighted by atomic mass is 19.4. The molecule has 2 N–H and O–H groups in total. The molecule has 2 unspecified atom stereocenters. The normalized spacial score (nSPS) is 18.5. The Kier molecular flexibility index (Phi) is 8.77. The number of hydrogen-bond donors (Lipinski definition) is 2. The molecule has 0 saturated carbocycles. The van der Waals surface area contributed by atoms with Gasteiger partial charge in [-0.2, -0.15) is 0 Å². The molecule has 2 amide bonds. The standard InChI is InChI=1S/C22H32F3N3O4/c1-15(16-7-9-18(10-8-16)31-22(23,24)25)28-13-5-6-17(14-28)19(29)26-11-12-27-20(30)32-21(2,3)4/h7-10,15,17H,5-6,11-14H2,1-4H3,(H,26,29)(H,27,30). The van der Waals surface area contributed by atoms with Gasteiger partial charge in [-0.05, 0) is 64.8 Å². The lowest BCUT2D eigenvalue weighted by molar-refractivity contribution is -0.274. The maximum absolute atomic E-state index is 12.5. The smallest absolute Gasteiger partial charge is 0.444 e. The number of carbonyl (C=O) groups excluding carboxylic acids is 2. The maximum atomic E-state index is 12.5. The second kappa shape index (κ2) is 10.9. The van der Waals surface area contributed by atoms with Crippen LogP contribution < -0.4 is 15.4 Å². The summed E-state index contributed by atoms with van der Waals surface area (Å²) in [5.41, 5.74) is 0.267. The first-order valence-electron chi connectivity index (χ1n) is 10.7. The Bertz CT molecular complexity index is 763. The maximum Gasteiger partial charge on any atom is 0.573 e. The van der Waals surface area contributed by atoms with Crippen molar-refractivity contribution in [2.75, 3.05) is 26.2 Å². The number of alkyl carbamates (subject to hydrolysis) is 1. The first-order valence-corrected chi connectivity index (χ1v) is 10.7. The summed E-state index contributed by atoms with van der Waals surface area (Å²) in [6.07, 6.45) is -3.65. The highest BCUT2D eigenvalue weighted by Gasteiger charge is 2.31. The predicted octanol–water partition coefficient (Wildman–Crippen LogP) is 4.00. The number of ether oxygens (including phenoxy) is 2. The van der Waals surface area contributed by atoms with E-state index in [1.165, 1.54) is 12.1 Å². The summed E-state index contributed by atoms with van der Waals surface area (Å²) in [7, 11) is 0. The minimum Gasteiger partial charge on any atom is -0.444 e. The van der Waals surface area contributed by atoms with Crippen LogP contribution in [0.5, 0.6) is 5.75 Å². The van der Waals surface area contributed by atoms with Gasteiger partial charge >= 0.3 is 12.5 Å². The minimum atomic E-state index is -4.72. The summed E-state index contributed by atoms with van der Waals surface area (Å²) in [6, 6.07) is 5.76. The quantitative estimate of drug-likeness (QED) is 0.603. The summed E-state index contributed by atoms with van der Waals surface area (Å²) >= 11 is 0. The number of rotatable bonds is 7. The first-order chi connectivity index (χ1) is 14.8. The zero-order chi connectivity index (χ0) is 23.9. The topological polar surface area (TPSA) is 79.9 Å². The lowest BCUT2D eigenvalue weighted by atomic mass is 9.94. The number of hydrogen-bond acceptors (Lipinski definition) is 5. The zero-order valence-corrected chi connectivity index (χ0v) is 18.9. The molecule has 1 aliphatic rings. The van der Waals surface area contributed by atoms with Gasteiger partial charge < -0.3 is 20.1 Å². The molecule has 1 heterocycles. The molecule has 0 aromatic heterocycles. The van der Waals surface area contributed by atoms with Crippen molar-refractivity contribution >= 4 is 12.0 Å². The molecule has 0 bridgehead atoms. The highest BCUT2D eigenvalue weighted by molar-refractivity contribution is 5.79. The van der Waals surface area contributed by atoms with Gasteiger partial charge in [-0.1, -0.05) is 12.1 Å². The third-order valence-corrected chi connectivity index (χ3v) is 5.06. The van der Waals surface area contributed by atoms with Gasteiger partial charge in [-0.3, -0.25) is 9.69 Å². The third-order valence-electron chi connectivity index (χ3n) is 5.06. The van der Waals surface area contributed by atoms with Crippen molar-refractivity contribution in [2.45, 2.75) is 58.5 Å². The highest BCUT2D eigenvalue weighted by Crippen LogP contribution is 2.29. The minimum absolute atomic E-state index is 0.0561. The van der Waals surface area contributed by atoms with Crippen LogP contribution in [-0.2, 0) is 9.53 Å². The van der Waals surface area contributed by atoms with Gasteiger partial charge in [0.05, 0.1) is 5.92 Å². The Balaban J connectivity index is 1.80. The number of nitrogens with zero attached hydrogens (tertiary/aromatic N) is 1. The van der Waals surface area contributed by atoms with Crippen molar-refractivity contribution in [1.29, 1.82) is 0 Å². The number of alkyl halides is 3. The molecule has 0 aliphatic carbocycles. The molecule has 0 spiro atoms. The first kappa shape index (κ1) is 25.8. The molecule has 1 saturated heterocycles. The van der Waals surface area contributed by atoms with E-state index in [9.17, 15) is 22.8 Å². The van der Waals surface area contributed by atoms with Crippen molar-refractivity contribution < 1.29 is 32.2 Å². The van der Waals surface area contributed by atoms with Crippen molar-refractivity contribution in [3.05, 3.63) is 29.8 Å². The summed E-state index contributed by atoms with van der Waals surface area (Å²) in [6.45, 7) is 9.19. The molecular weight excluding hydrogens is 427 g/mol. The molecule has 1 aromatic rings. The number of halogens is 3. The molecule has 180 valence electrons. The molecule has 10 heteroatoms. The van der Waals surface area contributed by atoms with E-state index in [2.05, 4.69) is 20.3 Å². The third kappa shape index (κ3) is 8.94. The van der Waals surface area contributed by atoms with E-state index >= 15 is 0 Å². The molecule has 32 heavy (non-hydrogen) atoms. The van der Waals surface area contributed by atoms with E-state index in [1.807, 2.05) is 6.92 Å². The summed E-state index contributed by atoms with van der Waals surface area (Å²) in [4.78, 5) is 26.3. The van der Waals surface area contributed by atoms with Crippen molar-refractivity contribution in [1.82, 2.24) is 15.5 Å². The Hall–Kier alpha value is -2.49. The Morgan fingerprint density at radius 3 is 2.34 bits per heavy atom. The van der Waals surface area contributed by atoms with Gasteiger partial charge in [-0.15, -0.1) is 13.2 Å². The van der Waals surface area contributed by atoms with E-state index in [4.69, 9.17) is 4.74 Å². The van der Waals surface area contributed by atoms with Crippen LogP contribution in [-0.4, -0.2) is 55.0 Å². The molecule has 1 aliphatic heterocycles. The van der Waals surface area contributed by atoms with Crippen LogP contribution in [0.1, 0.15) is 52.1 Å². The average Bonchev–Trinajstić information content (AvgIpc) is 2.68. The molecule has 1 aromatic carbocycles. The fourth-order valence-corrected chi connectivity index (χ4v) is 3.54. The van der Waals surface area contributed by atoms with Crippen LogP contribution >= 0.6 is 0 Å². The number of amides is 2. The van der Waals surface area contributed by atoms with E-state index in [1.54, 1.807) is 32.9 Å². The lowest BCUT2D eigenvalue weighted by Gasteiger charge is -2.36. The van der Waals surface area contributed by atoms with Gasteiger partial charge in [-0.25, -0.2) is 4.79 Å². The zero-order valence-electron chi connectivity index (χ0n) is 18.9. The fourth-order valence-electron chi connectivity index (χ4n) is 3.54. The number of nitrogens with one attached hydrogen (secondary N) is 2.